The first-order chi connectivity index (χ1) is 22.2. The number of fused-ring (bicyclic) bond motifs is 1. The van der Waals surface area contributed by atoms with Crippen LogP contribution in [0, 0.1) is 24.6 Å². The van der Waals surface area contributed by atoms with Gasteiger partial charge in [-0.15, -0.1) is 4.80 Å². The van der Waals surface area contributed by atoms with Gasteiger partial charge in [0.15, 0.2) is 5.78 Å². The Balaban J connectivity index is 1.72. The fourth-order valence-electron chi connectivity index (χ4n) is 6.26. The summed E-state index contributed by atoms with van der Waals surface area (Å²) in [6.45, 7) is 8.50. The number of aliphatic carboxylic acids is 1. The number of ether oxygens (including phenoxy) is 2. The Labute approximate surface area is 274 Å². The van der Waals surface area contributed by atoms with Crippen LogP contribution in [0.15, 0.2) is 40.2 Å². The fraction of sp³-hybridized carbons (Fsp3) is 0.515. The number of carbonyl (C=O) groups is 2. The van der Waals surface area contributed by atoms with Crippen molar-refractivity contribution in [2.75, 3.05) is 7.11 Å². The SMILES string of the molecule is COc1ccc(F)cc1[C@H](Cn1c(=O)n(C(C)(C)C(=O)CC(C)C)c(=O)c2c(C)c(-n3nccn3)sc21)OC1CCC(C(=O)O)CC1. The highest BCUT2D eigenvalue weighted by atomic mass is 32.1. The van der Waals surface area contributed by atoms with Gasteiger partial charge in [0.1, 0.15) is 33.0 Å². The van der Waals surface area contributed by atoms with E-state index in [2.05, 4.69) is 10.2 Å². The molecule has 12 nitrogen and oxygen atoms in total. The molecule has 1 aromatic carbocycles. The van der Waals surface area contributed by atoms with E-state index in [1.807, 2.05) is 13.8 Å². The first-order valence-corrected chi connectivity index (χ1v) is 16.5. The molecular formula is C33H40FN5O7S. The average molecular weight is 670 g/mol. The molecule has 1 aliphatic carbocycles. The van der Waals surface area contributed by atoms with Gasteiger partial charge in [-0.3, -0.25) is 19.0 Å². The number of hydrogen-bond donors (Lipinski definition) is 1. The molecular weight excluding hydrogens is 629 g/mol. The van der Waals surface area contributed by atoms with Crippen LogP contribution in [-0.4, -0.2) is 54.2 Å². The van der Waals surface area contributed by atoms with E-state index in [1.54, 1.807) is 20.8 Å². The van der Waals surface area contributed by atoms with Gasteiger partial charge in [0.05, 0.1) is 43.5 Å². The number of halogens is 1. The highest BCUT2D eigenvalue weighted by molar-refractivity contribution is 7.21. The van der Waals surface area contributed by atoms with Gasteiger partial charge < -0.3 is 14.6 Å². The second-order valence-corrected chi connectivity index (χ2v) is 13.9. The van der Waals surface area contributed by atoms with Crippen LogP contribution in [0.1, 0.15) is 77.0 Å². The monoisotopic (exact) mass is 669 g/mol. The molecule has 0 spiro atoms. The van der Waals surface area contributed by atoms with Crippen LogP contribution in [0.5, 0.6) is 5.75 Å². The predicted molar refractivity (Wildman–Crippen MR) is 174 cm³/mol. The molecule has 14 heteroatoms. The maximum atomic E-state index is 14.8. The number of rotatable bonds is 12. The van der Waals surface area contributed by atoms with E-state index < -0.39 is 40.6 Å². The molecule has 0 radical (unpaired) electrons. The number of carboxylic acids is 1. The molecule has 0 saturated heterocycles. The summed E-state index contributed by atoms with van der Waals surface area (Å²) >= 11 is 1.15. The number of aryl methyl sites for hydroxylation is 1. The largest absolute Gasteiger partial charge is 0.496 e. The molecule has 1 aliphatic rings. The lowest BCUT2D eigenvalue weighted by Gasteiger charge is -2.32. The van der Waals surface area contributed by atoms with Gasteiger partial charge in [0.2, 0.25) is 0 Å². The lowest BCUT2D eigenvalue weighted by molar-refractivity contribution is -0.144. The van der Waals surface area contributed by atoms with E-state index >= 15 is 0 Å². The van der Waals surface area contributed by atoms with Gasteiger partial charge in [-0.2, -0.15) is 10.2 Å². The molecule has 3 heterocycles. The summed E-state index contributed by atoms with van der Waals surface area (Å²) in [5.74, 6) is -1.80. The van der Waals surface area contributed by atoms with Crippen molar-refractivity contribution < 1.29 is 28.6 Å². The highest BCUT2D eigenvalue weighted by Crippen LogP contribution is 2.37. The minimum Gasteiger partial charge on any atom is -0.496 e. The first-order valence-electron chi connectivity index (χ1n) is 15.7. The molecule has 0 unspecified atom stereocenters. The number of carboxylic acid groups (broad SMARTS) is 1. The van der Waals surface area contributed by atoms with Crippen molar-refractivity contribution in [3.63, 3.8) is 0 Å². The summed E-state index contributed by atoms with van der Waals surface area (Å²) in [6, 6.07) is 4.03. The number of carbonyl (C=O) groups excluding carboxylic acids is 1. The van der Waals surface area contributed by atoms with Crippen molar-refractivity contribution in [3.8, 4) is 10.8 Å². The zero-order valence-electron chi connectivity index (χ0n) is 27.4. The number of methoxy groups -OCH3 is 1. The summed E-state index contributed by atoms with van der Waals surface area (Å²) in [5, 5.41) is 18.7. The second kappa shape index (κ2) is 13.5. The van der Waals surface area contributed by atoms with E-state index in [9.17, 15) is 28.7 Å². The molecule has 47 heavy (non-hydrogen) atoms. The Morgan fingerprint density at radius 3 is 2.38 bits per heavy atom. The number of aromatic nitrogens is 5. The maximum absolute atomic E-state index is 14.8. The molecule has 252 valence electrons. The second-order valence-electron chi connectivity index (χ2n) is 13.0. The molecule has 4 aromatic rings. The number of thiophene rings is 1. The van der Waals surface area contributed by atoms with Crippen LogP contribution in [0.2, 0.25) is 0 Å². The molecule has 0 bridgehead atoms. The lowest BCUT2D eigenvalue weighted by Crippen LogP contribution is -2.53. The standard InChI is InChI=1S/C33H40FN5O7S/c1-18(2)15-26(40)33(4,5)38-28(41)27-19(3)29(39-35-13-14-36-39)47-30(27)37(32(38)44)17-25(23-16-21(34)9-12-24(23)45-6)46-22-10-7-20(8-11-22)31(42)43/h9,12-14,16,18,20,22,25H,7-8,10-11,15,17H2,1-6H3,(H,42,43)/t20?,22?,25-/m0/s1. The van der Waals surface area contributed by atoms with Crippen molar-refractivity contribution in [3.05, 3.63) is 68.4 Å². The number of benzene rings is 1. The number of hydrogen-bond acceptors (Lipinski definition) is 9. The number of ketones is 1. The maximum Gasteiger partial charge on any atom is 0.333 e. The zero-order valence-corrected chi connectivity index (χ0v) is 28.2. The summed E-state index contributed by atoms with van der Waals surface area (Å²) in [4.78, 5) is 55.7. The third kappa shape index (κ3) is 6.66. The molecule has 0 amide bonds. The van der Waals surface area contributed by atoms with Crippen LogP contribution in [0.4, 0.5) is 4.39 Å². The Kier molecular flexibility index (Phi) is 9.83. The third-order valence-corrected chi connectivity index (χ3v) is 10.2. The normalized spacial score (nSPS) is 17.7. The average Bonchev–Trinajstić information content (AvgIpc) is 3.66. The van der Waals surface area contributed by atoms with E-state index in [4.69, 9.17) is 9.47 Å². The lowest BCUT2D eigenvalue weighted by atomic mass is 9.87. The zero-order chi connectivity index (χ0) is 34.2. The molecule has 1 N–H and O–H groups in total. The first kappa shape index (κ1) is 34.2. The Morgan fingerprint density at radius 1 is 1.13 bits per heavy atom. The van der Waals surface area contributed by atoms with Crippen molar-refractivity contribution in [2.24, 2.45) is 11.8 Å². The van der Waals surface area contributed by atoms with Crippen molar-refractivity contribution in [1.29, 1.82) is 0 Å². The van der Waals surface area contributed by atoms with E-state index in [1.165, 1.54) is 47.1 Å². The van der Waals surface area contributed by atoms with E-state index in [0.29, 0.717) is 52.4 Å². The van der Waals surface area contributed by atoms with Gasteiger partial charge in [0.25, 0.3) is 5.56 Å². The fourth-order valence-corrected chi connectivity index (χ4v) is 7.48. The molecule has 1 atom stereocenters. The smallest absolute Gasteiger partial charge is 0.333 e. The van der Waals surface area contributed by atoms with Crippen LogP contribution >= 0.6 is 11.3 Å². The predicted octanol–water partition coefficient (Wildman–Crippen LogP) is 5.01. The third-order valence-electron chi connectivity index (χ3n) is 8.89. The summed E-state index contributed by atoms with van der Waals surface area (Å²) in [7, 11) is 1.45. The topological polar surface area (TPSA) is 148 Å². The van der Waals surface area contributed by atoms with Gasteiger partial charge in [-0.25, -0.2) is 13.8 Å². The van der Waals surface area contributed by atoms with Crippen molar-refractivity contribution in [2.45, 2.75) is 91.0 Å². The van der Waals surface area contributed by atoms with Crippen LogP contribution in [0.25, 0.3) is 15.2 Å². The molecule has 1 fully saturated rings. The minimum atomic E-state index is -1.49. The number of nitrogens with zero attached hydrogens (tertiary/aromatic N) is 5. The summed E-state index contributed by atoms with van der Waals surface area (Å²) in [6.07, 6.45) is 3.59. The van der Waals surface area contributed by atoms with Gasteiger partial charge >= 0.3 is 11.7 Å². The Morgan fingerprint density at radius 2 is 1.79 bits per heavy atom. The summed E-state index contributed by atoms with van der Waals surface area (Å²) in [5.41, 5.74) is -1.93. The van der Waals surface area contributed by atoms with Crippen LogP contribution < -0.4 is 16.0 Å². The van der Waals surface area contributed by atoms with Crippen LogP contribution in [-0.2, 0) is 26.4 Å². The van der Waals surface area contributed by atoms with Crippen molar-refractivity contribution in [1.82, 2.24) is 24.1 Å². The molecule has 0 aliphatic heterocycles. The quantitative estimate of drug-likeness (QED) is 0.220. The van der Waals surface area contributed by atoms with E-state index in [0.717, 1.165) is 15.9 Å². The van der Waals surface area contributed by atoms with E-state index in [-0.39, 0.29) is 36.2 Å². The van der Waals surface area contributed by atoms with Crippen LogP contribution in [0.3, 0.4) is 0 Å². The van der Waals surface area contributed by atoms with Gasteiger partial charge in [-0.05, 0) is 70.6 Å². The Hall–Kier alpha value is -4.17. The van der Waals surface area contributed by atoms with Gasteiger partial charge in [0, 0.05) is 17.5 Å². The molecule has 1 saturated carbocycles. The highest BCUT2D eigenvalue weighted by Gasteiger charge is 2.37. The Bertz CT molecular complexity index is 1900. The summed E-state index contributed by atoms with van der Waals surface area (Å²) < 4.78 is 29.4. The minimum absolute atomic E-state index is 0.00162. The number of Topliss-reactive ketones (excluding diaryl/α,β-unsaturated/α-hetero) is 1. The molecule has 5 rings (SSSR count). The molecule has 3 aromatic heterocycles. The van der Waals surface area contributed by atoms with Crippen molar-refractivity contribution >= 4 is 33.3 Å². The van der Waals surface area contributed by atoms with Gasteiger partial charge in [-0.1, -0.05) is 25.2 Å².